The van der Waals surface area contributed by atoms with Crippen LogP contribution in [-0.2, 0) is 13.0 Å². The van der Waals surface area contributed by atoms with Gasteiger partial charge in [-0.05, 0) is 67.6 Å². The minimum absolute atomic E-state index is 0.901. The van der Waals surface area contributed by atoms with Crippen LogP contribution in [-0.4, -0.2) is 24.6 Å². The van der Waals surface area contributed by atoms with Crippen LogP contribution in [0.1, 0.15) is 30.4 Å². The summed E-state index contributed by atoms with van der Waals surface area (Å²) in [6.07, 6.45) is 8.42. The van der Waals surface area contributed by atoms with E-state index in [4.69, 9.17) is 5.73 Å². The van der Waals surface area contributed by atoms with Crippen LogP contribution in [0.25, 0.3) is 0 Å². The first-order chi connectivity index (χ1) is 11.3. The van der Waals surface area contributed by atoms with E-state index in [9.17, 15) is 0 Å². The first-order valence-corrected chi connectivity index (χ1v) is 8.56. The van der Waals surface area contributed by atoms with Crippen molar-refractivity contribution < 1.29 is 0 Å². The van der Waals surface area contributed by atoms with Gasteiger partial charge >= 0.3 is 0 Å². The number of hydrogen-bond acceptors (Lipinski definition) is 4. The summed E-state index contributed by atoms with van der Waals surface area (Å²) in [4.78, 5) is 6.43. The molecule has 1 fully saturated rings. The Hall–Kier alpha value is -2.07. The van der Waals surface area contributed by atoms with E-state index in [-0.39, 0.29) is 0 Å². The second-order valence-corrected chi connectivity index (χ2v) is 6.22. The Morgan fingerprint density at radius 3 is 2.57 bits per heavy atom. The van der Waals surface area contributed by atoms with E-state index in [0.717, 1.165) is 44.7 Å². The lowest BCUT2D eigenvalue weighted by atomic mass is 10.1. The molecule has 2 heterocycles. The summed E-state index contributed by atoms with van der Waals surface area (Å²) in [5.74, 6) is 0. The van der Waals surface area contributed by atoms with Crippen LogP contribution in [0.3, 0.4) is 0 Å². The van der Waals surface area contributed by atoms with Crippen molar-refractivity contribution in [1.29, 1.82) is 0 Å². The van der Waals surface area contributed by atoms with Gasteiger partial charge in [0.2, 0.25) is 0 Å². The standard InChI is InChI=1S/C19H26N4/c20-18-14-16(5-6-19(18)23-12-1-2-13-23)4-3-9-22-15-17-7-10-21-11-8-17/h5-8,10-11,14,22H,1-4,9,12-13,15,20H2. The number of nitrogen functional groups attached to an aromatic ring is 1. The van der Waals surface area contributed by atoms with E-state index in [0.29, 0.717) is 0 Å². The quantitative estimate of drug-likeness (QED) is 0.610. The van der Waals surface area contributed by atoms with Gasteiger partial charge in [0.05, 0.1) is 11.4 Å². The number of anilines is 2. The minimum Gasteiger partial charge on any atom is -0.397 e. The first kappa shape index (κ1) is 15.8. The van der Waals surface area contributed by atoms with E-state index in [1.165, 1.54) is 29.7 Å². The molecule has 1 aliphatic heterocycles. The van der Waals surface area contributed by atoms with Crippen LogP contribution in [0.15, 0.2) is 42.7 Å². The number of rotatable bonds is 7. The molecule has 3 N–H and O–H groups in total. The number of nitrogens with zero attached hydrogens (tertiary/aromatic N) is 2. The van der Waals surface area contributed by atoms with Crippen LogP contribution in [0.4, 0.5) is 11.4 Å². The number of nitrogens with two attached hydrogens (primary N) is 1. The zero-order valence-corrected chi connectivity index (χ0v) is 13.7. The normalized spacial score (nSPS) is 14.3. The van der Waals surface area contributed by atoms with Crippen molar-refractivity contribution in [2.45, 2.75) is 32.2 Å². The largest absolute Gasteiger partial charge is 0.397 e. The number of nitrogens with one attached hydrogen (secondary N) is 1. The van der Waals surface area contributed by atoms with Gasteiger partial charge in [-0.1, -0.05) is 6.07 Å². The van der Waals surface area contributed by atoms with Crippen LogP contribution >= 0.6 is 0 Å². The summed E-state index contributed by atoms with van der Waals surface area (Å²) in [5, 5.41) is 3.48. The summed E-state index contributed by atoms with van der Waals surface area (Å²) in [5.41, 5.74) is 11.0. The fraction of sp³-hybridized carbons (Fsp3) is 0.421. The third kappa shape index (κ3) is 4.45. The third-order valence-electron chi connectivity index (χ3n) is 4.44. The monoisotopic (exact) mass is 310 g/mol. The van der Waals surface area contributed by atoms with Crippen LogP contribution in [0.5, 0.6) is 0 Å². The summed E-state index contributed by atoms with van der Waals surface area (Å²) < 4.78 is 0. The molecule has 3 rings (SSSR count). The first-order valence-electron chi connectivity index (χ1n) is 8.56. The molecule has 0 bridgehead atoms. The van der Waals surface area contributed by atoms with Crippen molar-refractivity contribution in [3.63, 3.8) is 0 Å². The summed E-state index contributed by atoms with van der Waals surface area (Å²) in [6, 6.07) is 10.7. The van der Waals surface area contributed by atoms with E-state index in [1.807, 2.05) is 24.5 Å². The number of hydrogen-bond donors (Lipinski definition) is 2. The average Bonchev–Trinajstić information content (AvgIpc) is 3.10. The number of pyridine rings is 1. The van der Waals surface area contributed by atoms with Crippen molar-refractivity contribution in [1.82, 2.24) is 10.3 Å². The predicted molar refractivity (Wildman–Crippen MR) is 96.6 cm³/mol. The van der Waals surface area contributed by atoms with Crippen molar-refractivity contribution >= 4 is 11.4 Å². The number of aromatic nitrogens is 1. The second-order valence-electron chi connectivity index (χ2n) is 6.22. The van der Waals surface area contributed by atoms with Crippen LogP contribution in [0.2, 0.25) is 0 Å². The van der Waals surface area contributed by atoms with E-state index in [1.54, 1.807) is 0 Å². The Balaban J connectivity index is 1.42. The maximum Gasteiger partial charge on any atom is 0.0600 e. The zero-order valence-electron chi connectivity index (χ0n) is 13.7. The maximum absolute atomic E-state index is 6.24. The third-order valence-corrected chi connectivity index (χ3v) is 4.44. The lowest BCUT2D eigenvalue weighted by Gasteiger charge is -2.20. The van der Waals surface area contributed by atoms with E-state index >= 15 is 0 Å². The Bertz CT molecular complexity index is 606. The molecule has 0 aliphatic carbocycles. The molecule has 1 saturated heterocycles. The Labute approximate surface area is 138 Å². The Kier molecular flexibility index (Phi) is 5.48. The SMILES string of the molecule is Nc1cc(CCCNCc2ccncc2)ccc1N1CCCC1. The molecule has 122 valence electrons. The molecule has 2 aromatic rings. The highest BCUT2D eigenvalue weighted by Crippen LogP contribution is 2.27. The fourth-order valence-corrected chi connectivity index (χ4v) is 3.16. The summed E-state index contributed by atoms with van der Waals surface area (Å²) >= 11 is 0. The molecule has 1 aromatic carbocycles. The molecule has 4 heteroatoms. The average molecular weight is 310 g/mol. The van der Waals surface area contributed by atoms with Crippen molar-refractivity contribution in [3.05, 3.63) is 53.9 Å². The molecule has 1 aromatic heterocycles. The van der Waals surface area contributed by atoms with Crippen LogP contribution < -0.4 is 16.0 Å². The van der Waals surface area contributed by atoms with Gasteiger partial charge in [-0.15, -0.1) is 0 Å². The minimum atomic E-state index is 0.901. The molecule has 0 radical (unpaired) electrons. The molecule has 0 amide bonds. The smallest absolute Gasteiger partial charge is 0.0600 e. The fourth-order valence-electron chi connectivity index (χ4n) is 3.16. The maximum atomic E-state index is 6.24. The highest BCUT2D eigenvalue weighted by molar-refractivity contribution is 5.68. The van der Waals surface area contributed by atoms with Crippen LogP contribution in [0, 0.1) is 0 Å². The van der Waals surface area contributed by atoms with E-state index in [2.05, 4.69) is 33.4 Å². The molecule has 0 unspecified atom stereocenters. The molecule has 1 aliphatic rings. The van der Waals surface area contributed by atoms with Gasteiger partial charge in [0.1, 0.15) is 0 Å². The number of benzene rings is 1. The van der Waals surface area contributed by atoms with Gasteiger partial charge in [0, 0.05) is 32.0 Å². The molecule has 0 spiro atoms. The van der Waals surface area contributed by atoms with Gasteiger partial charge in [-0.25, -0.2) is 0 Å². The Morgan fingerprint density at radius 2 is 1.83 bits per heavy atom. The molecular weight excluding hydrogens is 284 g/mol. The number of aryl methyl sites for hydroxylation is 1. The highest BCUT2D eigenvalue weighted by Gasteiger charge is 2.14. The topological polar surface area (TPSA) is 54.2 Å². The molecular formula is C19H26N4. The van der Waals surface area contributed by atoms with Gasteiger partial charge < -0.3 is 16.0 Å². The lowest BCUT2D eigenvalue weighted by Crippen LogP contribution is -2.19. The highest BCUT2D eigenvalue weighted by atomic mass is 15.1. The molecule has 0 atom stereocenters. The van der Waals surface area contributed by atoms with Crippen molar-refractivity contribution in [2.24, 2.45) is 0 Å². The second kappa shape index (κ2) is 7.97. The van der Waals surface area contributed by atoms with E-state index < -0.39 is 0 Å². The molecule has 4 nitrogen and oxygen atoms in total. The summed E-state index contributed by atoms with van der Waals surface area (Å²) in [7, 11) is 0. The van der Waals surface area contributed by atoms with Crippen molar-refractivity contribution in [3.8, 4) is 0 Å². The summed E-state index contributed by atoms with van der Waals surface area (Å²) in [6.45, 7) is 4.19. The predicted octanol–water partition coefficient (Wildman–Crippen LogP) is 2.99. The lowest BCUT2D eigenvalue weighted by molar-refractivity contribution is 0.649. The van der Waals surface area contributed by atoms with Crippen molar-refractivity contribution in [2.75, 3.05) is 30.3 Å². The molecule has 0 saturated carbocycles. The molecule has 23 heavy (non-hydrogen) atoms. The van der Waals surface area contributed by atoms with Gasteiger partial charge in [0.15, 0.2) is 0 Å². The zero-order chi connectivity index (χ0) is 15.9. The van der Waals surface area contributed by atoms with Gasteiger partial charge in [0.25, 0.3) is 0 Å². The Morgan fingerprint density at radius 1 is 1.04 bits per heavy atom. The van der Waals surface area contributed by atoms with Gasteiger partial charge in [-0.2, -0.15) is 0 Å². The van der Waals surface area contributed by atoms with Gasteiger partial charge in [-0.3, -0.25) is 4.98 Å².